The number of nitrogens with zero attached hydrogens (tertiary/aromatic N) is 1. The summed E-state index contributed by atoms with van der Waals surface area (Å²) in [6.07, 6.45) is 0. The van der Waals surface area contributed by atoms with Crippen molar-refractivity contribution >= 4 is 21.8 Å². The monoisotopic (exact) mass is 575 g/mol. The number of phenolic OH excluding ortho intramolecular Hbond substituents is 1. The van der Waals surface area contributed by atoms with Gasteiger partial charge in [0.05, 0.1) is 21.8 Å². The lowest BCUT2D eigenvalue weighted by Gasteiger charge is -2.34. The Kier molecular flexibility index (Phi) is 5.60. The molecule has 9 rings (SSSR count). The molecular weight excluding hydrogens is 546 g/mol. The van der Waals surface area contributed by atoms with Gasteiger partial charge in [0.2, 0.25) is 0 Å². The predicted octanol–water partition coefficient (Wildman–Crippen LogP) is 10.5. The first kappa shape index (κ1) is 25.6. The lowest BCUT2D eigenvalue weighted by molar-refractivity contribution is 0.480. The Balaban J connectivity index is 1.44. The molecule has 0 radical (unpaired) electrons. The molecule has 0 saturated carbocycles. The lowest BCUT2D eigenvalue weighted by Crippen LogP contribution is -2.28. The molecule has 0 aliphatic heterocycles. The highest BCUT2D eigenvalue weighted by Crippen LogP contribution is 2.60. The van der Waals surface area contributed by atoms with Crippen LogP contribution in [0.5, 0.6) is 5.75 Å². The Labute approximate surface area is 262 Å². The molecule has 0 unspecified atom stereocenters. The molecule has 0 bridgehead atoms. The van der Waals surface area contributed by atoms with E-state index in [-0.39, 0.29) is 0 Å². The van der Waals surface area contributed by atoms with E-state index in [1.165, 1.54) is 33.4 Å². The van der Waals surface area contributed by atoms with Crippen LogP contribution in [0, 0.1) is 0 Å². The van der Waals surface area contributed by atoms with Crippen molar-refractivity contribution in [3.05, 3.63) is 192 Å². The van der Waals surface area contributed by atoms with Gasteiger partial charge in [-0.05, 0) is 63.2 Å². The Morgan fingerprint density at radius 3 is 1.73 bits per heavy atom. The van der Waals surface area contributed by atoms with Gasteiger partial charge in [-0.25, -0.2) is 0 Å². The first-order chi connectivity index (χ1) is 22.3. The van der Waals surface area contributed by atoms with Crippen molar-refractivity contribution in [2.24, 2.45) is 0 Å². The molecule has 45 heavy (non-hydrogen) atoms. The Morgan fingerprint density at radius 2 is 1.04 bits per heavy atom. The SMILES string of the molecule is Oc1cc2c(c3c1c1ccccc1n3-c1ccc(-c3ccccc3)cc1)-c1ccccc1C2(c1ccccc1)c1ccccc1. The van der Waals surface area contributed by atoms with Crippen molar-refractivity contribution in [3.63, 3.8) is 0 Å². The van der Waals surface area contributed by atoms with Crippen molar-refractivity contribution in [1.29, 1.82) is 0 Å². The van der Waals surface area contributed by atoms with Gasteiger partial charge in [0.1, 0.15) is 5.75 Å². The van der Waals surface area contributed by atoms with Crippen molar-refractivity contribution < 1.29 is 5.11 Å². The molecule has 0 atom stereocenters. The third kappa shape index (κ3) is 3.57. The Bertz CT molecular complexity index is 2310. The number of fused-ring (bicyclic) bond motifs is 7. The smallest absolute Gasteiger partial charge is 0.125 e. The zero-order valence-electron chi connectivity index (χ0n) is 24.6. The third-order valence-electron chi connectivity index (χ3n) is 9.57. The molecule has 1 heterocycles. The number of hydrogen-bond acceptors (Lipinski definition) is 1. The number of benzene rings is 7. The topological polar surface area (TPSA) is 25.2 Å². The summed E-state index contributed by atoms with van der Waals surface area (Å²) in [5, 5.41) is 14.0. The highest BCUT2D eigenvalue weighted by molar-refractivity contribution is 6.18. The van der Waals surface area contributed by atoms with E-state index in [9.17, 15) is 5.11 Å². The van der Waals surface area contributed by atoms with Crippen molar-refractivity contribution in [2.45, 2.75) is 5.41 Å². The molecule has 2 nitrogen and oxygen atoms in total. The highest BCUT2D eigenvalue weighted by atomic mass is 16.3. The van der Waals surface area contributed by atoms with Crippen LogP contribution in [0.1, 0.15) is 22.3 Å². The fraction of sp³-hybridized carbons (Fsp3) is 0.0233. The molecule has 2 heteroatoms. The maximum atomic E-state index is 12.1. The molecule has 212 valence electrons. The molecule has 0 amide bonds. The summed E-state index contributed by atoms with van der Waals surface area (Å²) in [5.74, 6) is 0.295. The van der Waals surface area contributed by atoms with Crippen LogP contribution >= 0.6 is 0 Å². The Morgan fingerprint density at radius 1 is 0.489 bits per heavy atom. The quantitative estimate of drug-likeness (QED) is 0.222. The van der Waals surface area contributed by atoms with Crippen LogP contribution in [0.4, 0.5) is 0 Å². The molecule has 8 aromatic rings. The van der Waals surface area contributed by atoms with Gasteiger partial charge in [0, 0.05) is 16.6 Å². The normalized spacial score (nSPS) is 13.2. The standard InChI is InChI=1S/C43H29NO/c45-39-28-37-40(34-20-10-12-22-36(34)43(37,31-16-6-2-7-17-31)32-18-8-3-9-19-32)42-41(39)35-21-11-13-23-38(35)44(42)33-26-24-30(25-27-33)29-14-4-1-5-15-29/h1-28,45H. The molecular formula is C43H29NO. The molecule has 1 N–H and O–H groups in total. The summed E-state index contributed by atoms with van der Waals surface area (Å²) in [5.41, 5.74) is 11.9. The van der Waals surface area contributed by atoms with Gasteiger partial charge in [-0.2, -0.15) is 0 Å². The number of aromatic hydroxyl groups is 1. The first-order valence-electron chi connectivity index (χ1n) is 15.4. The van der Waals surface area contributed by atoms with Gasteiger partial charge in [0.25, 0.3) is 0 Å². The van der Waals surface area contributed by atoms with Gasteiger partial charge in [-0.3, -0.25) is 0 Å². The minimum atomic E-state index is -0.599. The average Bonchev–Trinajstić information content (AvgIpc) is 3.61. The fourth-order valence-corrected chi connectivity index (χ4v) is 7.75. The predicted molar refractivity (Wildman–Crippen MR) is 185 cm³/mol. The molecule has 1 aromatic heterocycles. The summed E-state index contributed by atoms with van der Waals surface area (Å²) in [6.45, 7) is 0. The van der Waals surface area contributed by atoms with Gasteiger partial charge in [-0.1, -0.05) is 146 Å². The van der Waals surface area contributed by atoms with Crippen LogP contribution in [0.15, 0.2) is 170 Å². The fourth-order valence-electron chi connectivity index (χ4n) is 7.75. The lowest BCUT2D eigenvalue weighted by atomic mass is 9.67. The molecule has 1 aliphatic rings. The van der Waals surface area contributed by atoms with Gasteiger partial charge in [0.15, 0.2) is 0 Å². The number of rotatable bonds is 4. The van der Waals surface area contributed by atoms with Gasteiger partial charge >= 0.3 is 0 Å². The minimum Gasteiger partial charge on any atom is -0.507 e. The second-order valence-corrected chi connectivity index (χ2v) is 11.8. The van der Waals surface area contributed by atoms with Crippen molar-refractivity contribution in [1.82, 2.24) is 4.57 Å². The molecule has 7 aromatic carbocycles. The van der Waals surface area contributed by atoms with E-state index >= 15 is 0 Å². The molecule has 0 spiro atoms. The zero-order chi connectivity index (χ0) is 30.0. The van der Waals surface area contributed by atoms with E-state index in [0.29, 0.717) is 5.75 Å². The number of hydrogen-bond donors (Lipinski definition) is 1. The van der Waals surface area contributed by atoms with E-state index in [0.717, 1.165) is 38.6 Å². The summed E-state index contributed by atoms with van der Waals surface area (Å²) < 4.78 is 2.35. The van der Waals surface area contributed by atoms with E-state index < -0.39 is 5.41 Å². The summed E-state index contributed by atoms with van der Waals surface area (Å²) in [7, 11) is 0. The molecule has 1 aliphatic carbocycles. The summed E-state index contributed by atoms with van der Waals surface area (Å²) >= 11 is 0. The Hall–Kier alpha value is -5.86. The zero-order valence-corrected chi connectivity index (χ0v) is 24.6. The van der Waals surface area contributed by atoms with Crippen molar-refractivity contribution in [2.75, 3.05) is 0 Å². The summed E-state index contributed by atoms with van der Waals surface area (Å²) in [4.78, 5) is 0. The van der Waals surface area contributed by atoms with E-state index in [1.807, 2.05) is 12.1 Å². The molecule has 0 saturated heterocycles. The number of para-hydroxylation sites is 1. The largest absolute Gasteiger partial charge is 0.507 e. The van der Waals surface area contributed by atoms with Crippen LogP contribution in [0.3, 0.4) is 0 Å². The van der Waals surface area contributed by atoms with Crippen LogP contribution in [0.2, 0.25) is 0 Å². The highest BCUT2D eigenvalue weighted by Gasteiger charge is 2.47. The third-order valence-corrected chi connectivity index (χ3v) is 9.57. The number of aromatic nitrogens is 1. The second-order valence-electron chi connectivity index (χ2n) is 11.8. The van der Waals surface area contributed by atoms with Crippen molar-refractivity contribution in [3.8, 4) is 33.7 Å². The first-order valence-corrected chi connectivity index (χ1v) is 15.4. The van der Waals surface area contributed by atoms with E-state index in [2.05, 4.69) is 162 Å². The van der Waals surface area contributed by atoms with Gasteiger partial charge in [-0.15, -0.1) is 0 Å². The van der Waals surface area contributed by atoms with Crippen LogP contribution in [-0.2, 0) is 5.41 Å². The maximum Gasteiger partial charge on any atom is 0.125 e. The van der Waals surface area contributed by atoms with E-state index in [4.69, 9.17) is 0 Å². The minimum absolute atomic E-state index is 0.295. The van der Waals surface area contributed by atoms with E-state index in [1.54, 1.807) is 0 Å². The van der Waals surface area contributed by atoms with Crippen LogP contribution in [0.25, 0.3) is 49.7 Å². The number of phenols is 1. The second kappa shape index (κ2) is 9.83. The maximum absolute atomic E-state index is 12.1. The van der Waals surface area contributed by atoms with Gasteiger partial charge < -0.3 is 9.67 Å². The van der Waals surface area contributed by atoms with Crippen LogP contribution in [-0.4, -0.2) is 9.67 Å². The van der Waals surface area contributed by atoms with Crippen LogP contribution < -0.4 is 0 Å². The average molecular weight is 576 g/mol. The molecule has 0 fully saturated rings. The summed E-state index contributed by atoms with van der Waals surface area (Å²) in [6, 6.07) is 60.0.